The summed E-state index contributed by atoms with van der Waals surface area (Å²) in [7, 11) is 3.81. The van der Waals surface area contributed by atoms with Gasteiger partial charge in [0, 0.05) is 96.9 Å². The number of benzene rings is 2. The third kappa shape index (κ3) is 14.3. The Bertz CT molecular complexity index is 5390. The van der Waals surface area contributed by atoms with Crippen LogP contribution in [0.2, 0.25) is 0 Å². The Hall–Kier alpha value is -9.87. The Balaban J connectivity index is 0.000000104. The molecule has 16 saturated carbocycles. The van der Waals surface area contributed by atoms with Crippen molar-refractivity contribution in [2.24, 2.45) is 119 Å². The number of nitrogens with one attached hydrogen (secondary N) is 1. The highest BCUT2D eigenvalue weighted by atomic mass is 16.6. The number of likely N-dealkylation sites (tertiary alicyclic amines) is 4. The van der Waals surface area contributed by atoms with E-state index in [1.807, 2.05) is 80.5 Å². The minimum Gasteiger partial charge on any atom is -0.446 e. The number of nitrogens with zero attached hydrogens (tertiary/aromatic N) is 12. The highest BCUT2D eigenvalue weighted by Gasteiger charge is 2.63. The number of carbonyl (C=O) groups is 7. The molecule has 2 aromatic carbocycles. The largest absolute Gasteiger partial charge is 0.446 e. The van der Waals surface area contributed by atoms with Gasteiger partial charge >= 0.3 is 35.8 Å². The van der Waals surface area contributed by atoms with E-state index in [-0.39, 0.29) is 154 Å². The molecule has 8 N–H and O–H groups in total. The van der Waals surface area contributed by atoms with Crippen molar-refractivity contribution in [3.63, 3.8) is 0 Å². The molecule has 30 nitrogen and oxygen atoms in total. The molecule has 10 unspecified atom stereocenters. The number of pyridine rings is 1. The molecule has 5 aromatic heterocycles. The highest BCUT2D eigenvalue weighted by molar-refractivity contribution is 5.83. The van der Waals surface area contributed by atoms with Gasteiger partial charge in [-0.25, -0.2) is 48.7 Å². The summed E-state index contributed by atoms with van der Waals surface area (Å²) >= 11 is 0. The van der Waals surface area contributed by atoms with E-state index in [0.717, 1.165) is 204 Å². The number of ether oxygens (including phenoxy) is 4. The molecule has 27 rings (SSSR count). The summed E-state index contributed by atoms with van der Waals surface area (Å²) in [5, 5.41) is 10.7. The Labute approximate surface area is 708 Å². The number of H-pyrrole nitrogens is 1. The summed E-state index contributed by atoms with van der Waals surface area (Å²) in [6.45, 7) is 10.6. The van der Waals surface area contributed by atoms with Gasteiger partial charge in [0.05, 0.1) is 61.5 Å². The lowest BCUT2D eigenvalue weighted by atomic mass is 9.48. The van der Waals surface area contributed by atoms with Crippen LogP contribution in [-0.2, 0) is 47.4 Å². The molecule has 122 heavy (non-hydrogen) atoms. The highest BCUT2D eigenvalue weighted by Crippen LogP contribution is 2.64. The zero-order valence-corrected chi connectivity index (χ0v) is 70.9. The van der Waals surface area contributed by atoms with E-state index < -0.39 is 5.60 Å². The number of aryl methyl sites for hydroxylation is 5. The van der Waals surface area contributed by atoms with Gasteiger partial charge in [-0.3, -0.25) is 28.1 Å². The number of aromatic amines is 1. The van der Waals surface area contributed by atoms with E-state index in [9.17, 15) is 48.3 Å². The molecule has 650 valence electrons. The van der Waals surface area contributed by atoms with Gasteiger partial charge in [0.25, 0.3) is 0 Å². The summed E-state index contributed by atoms with van der Waals surface area (Å²) in [6, 6.07) is 15.9. The van der Waals surface area contributed by atoms with E-state index in [1.165, 1.54) is 0 Å². The SMILES string of the molecule is Cc1ccc2c(c1)[nH]c(=O)n2[C@@H]1CCN(C(=O)OC2C3CC4CC2CC(O)(C4)C3)C1.Cc1cnc(C2CCN(C(=O)OC3C4CC5CC3CC(C(N)=O)(C5)C4)C2)nc1.Cc1cnc2c(c1)n(C)c(=O)n2[C@@H]1CCN(C(=O)OC2C3CC4CC2CC(C(N)=O)(C4)C3)C1.Cn1c(C2CCN(C(=O)OC3C4CC5CC3CC(C(N)=O)(C5)C4)C2)nc2ccccc21. The first kappa shape index (κ1) is 80.5. The number of fused-ring (bicyclic) bond motifs is 3. The van der Waals surface area contributed by atoms with Crippen LogP contribution < -0.4 is 28.6 Å². The predicted molar refractivity (Wildman–Crippen MR) is 448 cm³/mol. The molecule has 0 radical (unpaired) electrons. The molecule has 12 atom stereocenters. The average molecular weight is 1670 g/mol. The molecule has 20 fully saturated rings. The monoisotopic (exact) mass is 1670 g/mol. The van der Waals surface area contributed by atoms with Gasteiger partial charge in [0.1, 0.15) is 36.1 Å². The van der Waals surface area contributed by atoms with Crippen LogP contribution in [0.1, 0.15) is 206 Å². The minimum absolute atomic E-state index is 0.0410. The van der Waals surface area contributed by atoms with Gasteiger partial charge in [0.15, 0.2) is 5.65 Å². The fraction of sp³-hybridized carbons (Fsp3) is 0.663. The molecule has 9 heterocycles. The lowest BCUT2D eigenvalue weighted by molar-refractivity contribution is -0.177. The molecule has 16 bridgehead atoms. The number of aliphatic hydroxyl groups is 1. The van der Waals surface area contributed by atoms with Gasteiger partial charge in [-0.1, -0.05) is 18.2 Å². The molecule has 7 amide bonds. The predicted octanol–water partition coefficient (Wildman–Crippen LogP) is 10.6. The van der Waals surface area contributed by atoms with Crippen molar-refractivity contribution in [2.75, 3.05) is 52.4 Å². The summed E-state index contributed by atoms with van der Waals surface area (Å²) in [6.07, 6.45) is 25.6. The van der Waals surface area contributed by atoms with E-state index in [4.69, 9.17) is 41.1 Å². The summed E-state index contributed by atoms with van der Waals surface area (Å²) in [5.74, 6) is 6.14. The van der Waals surface area contributed by atoms with Crippen molar-refractivity contribution in [3.05, 3.63) is 116 Å². The lowest BCUT2D eigenvalue weighted by Crippen LogP contribution is -2.59. The van der Waals surface area contributed by atoms with Crippen LogP contribution in [0.5, 0.6) is 0 Å². The third-order valence-electron chi connectivity index (χ3n) is 33.0. The van der Waals surface area contributed by atoms with Gasteiger partial charge in [-0.2, -0.15) is 0 Å². The van der Waals surface area contributed by atoms with Gasteiger partial charge in [-0.05, 0) is 293 Å². The van der Waals surface area contributed by atoms with Crippen molar-refractivity contribution >= 4 is 75.3 Å². The fourth-order valence-corrected chi connectivity index (χ4v) is 28.2. The van der Waals surface area contributed by atoms with Crippen LogP contribution in [0.25, 0.3) is 33.2 Å². The first-order chi connectivity index (χ1) is 58.5. The molecule has 16 aliphatic carbocycles. The maximum absolute atomic E-state index is 13.1. The van der Waals surface area contributed by atoms with E-state index >= 15 is 0 Å². The molecule has 4 aliphatic heterocycles. The van der Waals surface area contributed by atoms with Crippen molar-refractivity contribution < 1.29 is 57.6 Å². The Morgan fingerprint density at radius 2 is 0.861 bits per heavy atom. The van der Waals surface area contributed by atoms with Crippen molar-refractivity contribution in [1.82, 2.24) is 62.8 Å². The van der Waals surface area contributed by atoms with E-state index in [2.05, 4.69) is 37.6 Å². The van der Waals surface area contributed by atoms with Gasteiger partial charge < -0.3 is 70.4 Å². The summed E-state index contributed by atoms with van der Waals surface area (Å²) < 4.78 is 31.6. The van der Waals surface area contributed by atoms with Crippen LogP contribution in [0, 0.1) is 108 Å². The van der Waals surface area contributed by atoms with Gasteiger partial charge in [0.2, 0.25) is 17.7 Å². The molecule has 30 heteroatoms. The number of hydrogen-bond acceptors (Lipinski definition) is 18. The molecule has 4 saturated heterocycles. The molecule has 0 spiro atoms. The second-order valence-electron chi connectivity index (χ2n) is 41.1. The standard InChI is InChI=1S/C24H31N5O4.C24H30N4O3.C23H29N3O4.C21H28N4O3/c1-13-5-18-20(26-11-13)29(22(31)27(18)2)17-3-4-28(12-17)23(32)33-19-15-6-14-7-16(19)10-24(8-14,9-15)21(25)30;1-27-19-5-3-2-4-18(19)26-21(27)15-6-7-28(13-15)23(30)31-20-16-8-14-9-17(20)12-24(10-14,11-16)22(25)29;1-13-2-3-19-18(6-13)24-21(27)26(19)17-4-5-25(12-17)22(28)30-20-15-7-14-8-16(20)11-23(29,9-14)10-15;1-12-9-23-18(24-10-12)14-2-3-25(11-14)20(27)28-17-15-4-13-5-16(17)8-21(6-13,7-15)19(22)26/h5,11,14-17,19H,3-4,6-10,12H2,1-2H3,(H2,25,30);2-5,14-17,20H,6-13H2,1H3,(H2,25,29);2-3,6,14-17,20,29H,4-5,7-12H2,1H3,(H,24,27);9-10,13-17H,2-8,11H2,1H3,(H2,22,26)/t14?,15?,16?,17-,19?,24?;;14?,15?,16?,17-,20?,23?;/m1.1./s1. The van der Waals surface area contributed by atoms with Crippen molar-refractivity contribution in [2.45, 2.75) is 229 Å². The minimum atomic E-state index is -0.521. The smallest absolute Gasteiger partial charge is 0.410 e. The van der Waals surface area contributed by atoms with E-state index in [0.29, 0.717) is 99.9 Å². The molecule has 20 aliphatic rings. The number of primary amides is 3. The van der Waals surface area contributed by atoms with Crippen LogP contribution in [0.3, 0.4) is 0 Å². The van der Waals surface area contributed by atoms with Crippen molar-refractivity contribution in [3.8, 4) is 0 Å². The van der Waals surface area contributed by atoms with Gasteiger partial charge in [-0.15, -0.1) is 0 Å². The van der Waals surface area contributed by atoms with E-state index in [1.54, 1.807) is 41.6 Å². The Morgan fingerprint density at radius 1 is 0.443 bits per heavy atom. The first-order valence-corrected chi connectivity index (χ1v) is 45.4. The summed E-state index contributed by atoms with van der Waals surface area (Å²) in [4.78, 5) is 142. The maximum atomic E-state index is 13.1. The van der Waals surface area contributed by atoms with Crippen LogP contribution in [0.15, 0.2) is 76.7 Å². The number of aromatic nitrogens is 9. The normalized spacial score (nSPS) is 36.7. The fourth-order valence-electron chi connectivity index (χ4n) is 28.2. The summed E-state index contributed by atoms with van der Waals surface area (Å²) in [5.41, 5.74) is 23.9. The number of hydrogen-bond donors (Lipinski definition) is 5. The van der Waals surface area contributed by atoms with Crippen molar-refractivity contribution in [1.29, 1.82) is 0 Å². The number of amides is 7. The average Bonchev–Trinajstić information content (AvgIpc) is 0.900. The van der Waals surface area contributed by atoms with Crippen LogP contribution >= 0.6 is 0 Å². The van der Waals surface area contributed by atoms with Crippen LogP contribution in [0.4, 0.5) is 19.2 Å². The Morgan fingerprint density at radius 3 is 1.33 bits per heavy atom. The van der Waals surface area contributed by atoms with Crippen LogP contribution in [-0.4, -0.2) is 192 Å². The number of imidazole rings is 3. The third-order valence-corrected chi connectivity index (χ3v) is 33.0. The lowest BCUT2D eigenvalue weighted by Gasteiger charge is -2.58. The molecule has 7 aromatic rings. The topological polar surface area (TPSA) is 389 Å². The zero-order valence-electron chi connectivity index (χ0n) is 70.9. The maximum Gasteiger partial charge on any atom is 0.410 e. The number of rotatable bonds is 11. The molecular weight excluding hydrogens is 1550 g/mol. The second-order valence-corrected chi connectivity index (χ2v) is 41.1. The number of carbonyl (C=O) groups excluding carboxylic acids is 7. The Kier molecular flexibility index (Phi) is 20.2. The quantitative estimate of drug-likeness (QED) is 0.0751. The second kappa shape index (κ2) is 30.5. The first-order valence-electron chi connectivity index (χ1n) is 45.4. The zero-order chi connectivity index (χ0) is 84.5. The number of nitrogens with two attached hydrogens (primary N) is 3. The molecular formula is C92H118N16O14. The number of para-hydroxylation sites is 2.